The summed E-state index contributed by atoms with van der Waals surface area (Å²) in [5.74, 6) is 0. The lowest BCUT2D eigenvalue weighted by Crippen LogP contribution is -2.13. The number of anilines is 1. The van der Waals surface area contributed by atoms with Gasteiger partial charge in [0.25, 0.3) is 0 Å². The highest BCUT2D eigenvalue weighted by atomic mass is 14.9. The molecule has 1 heterocycles. The third kappa shape index (κ3) is 2.58. The molecule has 24 heavy (non-hydrogen) atoms. The van der Waals surface area contributed by atoms with Crippen LogP contribution in [-0.4, -0.2) is 6.54 Å². The number of hydrogen-bond acceptors (Lipinski definition) is 1. The van der Waals surface area contributed by atoms with Crippen molar-refractivity contribution in [2.45, 2.75) is 39.0 Å². The van der Waals surface area contributed by atoms with Crippen molar-refractivity contribution in [3.63, 3.8) is 0 Å². The molecule has 1 aliphatic rings. The number of rotatable bonds is 1. The second kappa shape index (κ2) is 5.66. The van der Waals surface area contributed by atoms with Gasteiger partial charge in [0.2, 0.25) is 0 Å². The zero-order valence-corrected chi connectivity index (χ0v) is 14.8. The predicted molar refractivity (Wildman–Crippen MR) is 105 cm³/mol. The minimum absolute atomic E-state index is 0.197. The van der Waals surface area contributed by atoms with Gasteiger partial charge in [-0.2, -0.15) is 0 Å². The standard InChI is InChI=1S/C23H25N/c1-23(2,3)18-12-10-16(11-13-18)21-15-17-7-4-5-8-19(17)22-20(21)9-6-14-24-22/h4-5,7-8,10-13,15,24H,6,9,14H2,1-3H3. The number of fused-ring (bicyclic) bond motifs is 3. The summed E-state index contributed by atoms with van der Waals surface area (Å²) in [6, 6.07) is 20.2. The van der Waals surface area contributed by atoms with E-state index in [-0.39, 0.29) is 5.41 Å². The van der Waals surface area contributed by atoms with Crippen LogP contribution in [0.25, 0.3) is 21.9 Å². The smallest absolute Gasteiger partial charge is 0.0458 e. The summed E-state index contributed by atoms with van der Waals surface area (Å²) in [7, 11) is 0. The molecule has 0 saturated carbocycles. The molecule has 0 spiro atoms. The molecule has 0 bridgehead atoms. The fourth-order valence-electron chi connectivity index (χ4n) is 3.74. The van der Waals surface area contributed by atoms with Crippen molar-refractivity contribution >= 4 is 16.5 Å². The van der Waals surface area contributed by atoms with Gasteiger partial charge in [-0.05, 0) is 52.0 Å². The van der Waals surface area contributed by atoms with Crippen LogP contribution in [0.15, 0.2) is 54.6 Å². The minimum atomic E-state index is 0.197. The Labute approximate surface area is 144 Å². The van der Waals surface area contributed by atoms with Gasteiger partial charge >= 0.3 is 0 Å². The second-order valence-corrected chi connectivity index (χ2v) is 7.86. The predicted octanol–water partition coefficient (Wildman–Crippen LogP) is 6.16. The van der Waals surface area contributed by atoms with Gasteiger partial charge < -0.3 is 5.32 Å². The summed E-state index contributed by atoms with van der Waals surface area (Å²) in [5.41, 5.74) is 7.12. The van der Waals surface area contributed by atoms with Gasteiger partial charge in [0.15, 0.2) is 0 Å². The van der Waals surface area contributed by atoms with Gasteiger partial charge in [-0.15, -0.1) is 0 Å². The molecule has 1 nitrogen and oxygen atoms in total. The molecule has 3 aromatic carbocycles. The van der Waals surface area contributed by atoms with E-state index in [0.717, 1.165) is 13.0 Å². The van der Waals surface area contributed by atoms with E-state index in [0.29, 0.717) is 0 Å². The van der Waals surface area contributed by atoms with Crippen molar-refractivity contribution in [1.29, 1.82) is 0 Å². The second-order valence-electron chi connectivity index (χ2n) is 7.86. The first-order valence-corrected chi connectivity index (χ1v) is 8.93. The molecule has 0 amide bonds. The highest BCUT2D eigenvalue weighted by Gasteiger charge is 2.18. The maximum Gasteiger partial charge on any atom is 0.0458 e. The van der Waals surface area contributed by atoms with Crippen LogP contribution in [0.5, 0.6) is 0 Å². The minimum Gasteiger partial charge on any atom is -0.384 e. The fraction of sp³-hybridized carbons (Fsp3) is 0.304. The first kappa shape index (κ1) is 15.3. The Bertz CT molecular complexity index is 882. The first-order chi connectivity index (χ1) is 11.5. The Balaban J connectivity index is 1.90. The van der Waals surface area contributed by atoms with Gasteiger partial charge in [-0.3, -0.25) is 0 Å². The molecule has 4 rings (SSSR count). The maximum atomic E-state index is 3.65. The first-order valence-electron chi connectivity index (χ1n) is 8.93. The number of benzene rings is 3. The fourth-order valence-corrected chi connectivity index (χ4v) is 3.74. The summed E-state index contributed by atoms with van der Waals surface area (Å²) in [5, 5.41) is 6.32. The van der Waals surface area contributed by atoms with E-state index >= 15 is 0 Å². The highest BCUT2D eigenvalue weighted by molar-refractivity contribution is 6.00. The van der Waals surface area contributed by atoms with Crippen molar-refractivity contribution in [2.24, 2.45) is 0 Å². The van der Waals surface area contributed by atoms with E-state index in [1.54, 1.807) is 0 Å². The third-order valence-corrected chi connectivity index (χ3v) is 5.12. The lowest BCUT2D eigenvalue weighted by molar-refractivity contribution is 0.590. The molecular formula is C23H25N. The topological polar surface area (TPSA) is 12.0 Å². The Morgan fingerprint density at radius 3 is 2.42 bits per heavy atom. The van der Waals surface area contributed by atoms with Crippen LogP contribution in [-0.2, 0) is 11.8 Å². The summed E-state index contributed by atoms with van der Waals surface area (Å²) in [4.78, 5) is 0. The molecular weight excluding hydrogens is 290 g/mol. The van der Waals surface area contributed by atoms with Gasteiger partial charge in [0.1, 0.15) is 0 Å². The molecule has 0 atom stereocenters. The zero-order valence-electron chi connectivity index (χ0n) is 14.8. The average molecular weight is 315 g/mol. The van der Waals surface area contributed by atoms with Crippen LogP contribution in [0.1, 0.15) is 38.3 Å². The van der Waals surface area contributed by atoms with E-state index in [9.17, 15) is 0 Å². The third-order valence-electron chi connectivity index (χ3n) is 5.12. The average Bonchev–Trinajstić information content (AvgIpc) is 2.60. The maximum absolute atomic E-state index is 3.65. The van der Waals surface area contributed by atoms with E-state index in [1.807, 2.05) is 0 Å². The summed E-state index contributed by atoms with van der Waals surface area (Å²) in [6.45, 7) is 7.88. The lowest BCUT2D eigenvalue weighted by Gasteiger charge is -2.24. The van der Waals surface area contributed by atoms with Crippen molar-refractivity contribution in [3.8, 4) is 11.1 Å². The Morgan fingerprint density at radius 1 is 0.917 bits per heavy atom. The molecule has 0 fully saturated rings. The van der Waals surface area contributed by atoms with Crippen molar-refractivity contribution in [2.75, 3.05) is 11.9 Å². The SMILES string of the molecule is CC(C)(C)c1ccc(-c2cc3ccccc3c3c2CCCN3)cc1. The molecule has 0 radical (unpaired) electrons. The van der Waals surface area contributed by atoms with Crippen molar-refractivity contribution < 1.29 is 0 Å². The van der Waals surface area contributed by atoms with Gasteiger partial charge in [-0.25, -0.2) is 0 Å². The Hall–Kier alpha value is -2.28. The largest absolute Gasteiger partial charge is 0.384 e. The van der Waals surface area contributed by atoms with Gasteiger partial charge in [-0.1, -0.05) is 69.3 Å². The summed E-state index contributed by atoms with van der Waals surface area (Å²) in [6.07, 6.45) is 2.36. The van der Waals surface area contributed by atoms with Gasteiger partial charge in [0.05, 0.1) is 0 Å². The van der Waals surface area contributed by atoms with Crippen LogP contribution >= 0.6 is 0 Å². The Kier molecular flexibility index (Phi) is 3.60. The van der Waals surface area contributed by atoms with Crippen LogP contribution < -0.4 is 5.32 Å². The number of hydrogen-bond donors (Lipinski definition) is 1. The molecule has 1 N–H and O–H groups in total. The Morgan fingerprint density at radius 2 is 1.67 bits per heavy atom. The van der Waals surface area contributed by atoms with Crippen molar-refractivity contribution in [3.05, 3.63) is 65.7 Å². The van der Waals surface area contributed by atoms with Crippen LogP contribution in [0, 0.1) is 0 Å². The molecule has 3 aromatic rings. The molecule has 0 aromatic heterocycles. The molecule has 0 unspecified atom stereocenters. The molecule has 0 saturated heterocycles. The lowest BCUT2D eigenvalue weighted by atomic mass is 9.85. The van der Waals surface area contributed by atoms with Crippen LogP contribution in [0.3, 0.4) is 0 Å². The quantitative estimate of drug-likeness (QED) is 0.567. The van der Waals surface area contributed by atoms with E-state index in [2.05, 4.69) is 80.7 Å². The molecule has 0 aliphatic carbocycles. The molecule has 122 valence electrons. The van der Waals surface area contributed by atoms with Gasteiger partial charge in [0, 0.05) is 17.6 Å². The highest BCUT2D eigenvalue weighted by Crippen LogP contribution is 2.39. The van der Waals surface area contributed by atoms with Crippen molar-refractivity contribution in [1.82, 2.24) is 0 Å². The zero-order chi connectivity index (χ0) is 16.7. The van der Waals surface area contributed by atoms with Crippen LogP contribution in [0.4, 0.5) is 5.69 Å². The van der Waals surface area contributed by atoms with E-state index in [1.165, 1.54) is 45.1 Å². The van der Waals surface area contributed by atoms with E-state index < -0.39 is 0 Å². The monoisotopic (exact) mass is 315 g/mol. The summed E-state index contributed by atoms with van der Waals surface area (Å²) >= 11 is 0. The number of nitrogens with one attached hydrogen (secondary N) is 1. The normalized spacial score (nSPS) is 14.3. The van der Waals surface area contributed by atoms with E-state index in [4.69, 9.17) is 0 Å². The molecule has 1 aliphatic heterocycles. The molecule has 1 heteroatoms. The van der Waals surface area contributed by atoms with Crippen LogP contribution in [0.2, 0.25) is 0 Å². The summed E-state index contributed by atoms with van der Waals surface area (Å²) < 4.78 is 0.